The van der Waals surface area contributed by atoms with E-state index in [1.165, 1.54) is 6.08 Å². The van der Waals surface area contributed by atoms with Gasteiger partial charge in [-0.25, -0.2) is 4.79 Å². The molecular formula is C20H26N2O7. The van der Waals surface area contributed by atoms with Gasteiger partial charge in [-0.15, -0.1) is 0 Å². The molecule has 0 spiro atoms. The van der Waals surface area contributed by atoms with E-state index >= 15 is 0 Å². The highest BCUT2D eigenvalue weighted by Crippen LogP contribution is 2.09. The Labute approximate surface area is 169 Å². The van der Waals surface area contributed by atoms with E-state index in [4.69, 9.17) is 9.47 Å². The molecule has 1 amide bonds. The second-order valence-electron chi connectivity index (χ2n) is 6.03. The number of amides is 1. The van der Waals surface area contributed by atoms with Crippen LogP contribution in [0.2, 0.25) is 0 Å². The molecule has 1 atom stereocenters. The SMILES string of the molecule is CCOC(=O)CC[C@@H](NC(=O)c1ccc(CCC=C[N+](=O)[O-])cc1)C(=O)OCC. The van der Waals surface area contributed by atoms with Crippen molar-refractivity contribution in [1.29, 1.82) is 0 Å². The number of esters is 2. The Hall–Kier alpha value is -3.23. The topological polar surface area (TPSA) is 125 Å². The first-order chi connectivity index (χ1) is 13.9. The van der Waals surface area contributed by atoms with Crippen molar-refractivity contribution in [2.45, 2.75) is 45.6 Å². The Morgan fingerprint density at radius 1 is 1.14 bits per heavy atom. The van der Waals surface area contributed by atoms with Gasteiger partial charge in [-0.3, -0.25) is 19.7 Å². The van der Waals surface area contributed by atoms with Crippen LogP contribution in [0.1, 0.15) is 49.0 Å². The van der Waals surface area contributed by atoms with Crippen LogP contribution in [0, 0.1) is 10.1 Å². The van der Waals surface area contributed by atoms with Gasteiger partial charge in [0.1, 0.15) is 6.04 Å². The van der Waals surface area contributed by atoms with Crippen molar-refractivity contribution in [1.82, 2.24) is 5.32 Å². The lowest BCUT2D eigenvalue weighted by Crippen LogP contribution is -2.42. The predicted octanol–water partition coefficient (Wildman–Crippen LogP) is 2.41. The van der Waals surface area contributed by atoms with Crippen molar-refractivity contribution in [2.24, 2.45) is 0 Å². The van der Waals surface area contributed by atoms with Crippen LogP contribution in [-0.4, -0.2) is 42.0 Å². The van der Waals surface area contributed by atoms with Gasteiger partial charge < -0.3 is 14.8 Å². The van der Waals surface area contributed by atoms with Crippen LogP contribution in [-0.2, 0) is 25.5 Å². The van der Waals surface area contributed by atoms with Crippen LogP contribution in [0.5, 0.6) is 0 Å². The van der Waals surface area contributed by atoms with Gasteiger partial charge in [-0.05, 0) is 56.9 Å². The number of nitro groups is 1. The average molecular weight is 406 g/mol. The number of nitrogens with one attached hydrogen (secondary N) is 1. The molecule has 0 saturated heterocycles. The number of rotatable bonds is 12. The molecule has 0 aromatic heterocycles. The highest BCUT2D eigenvalue weighted by molar-refractivity contribution is 5.96. The van der Waals surface area contributed by atoms with E-state index in [1.54, 1.807) is 38.1 Å². The molecule has 0 aliphatic rings. The third kappa shape index (κ3) is 9.50. The minimum atomic E-state index is -0.959. The van der Waals surface area contributed by atoms with Gasteiger partial charge >= 0.3 is 11.9 Å². The summed E-state index contributed by atoms with van der Waals surface area (Å²) in [4.78, 5) is 45.8. The van der Waals surface area contributed by atoms with Gasteiger partial charge in [0.25, 0.3) is 5.91 Å². The lowest BCUT2D eigenvalue weighted by Gasteiger charge is -2.17. The monoisotopic (exact) mass is 406 g/mol. The molecular weight excluding hydrogens is 380 g/mol. The Morgan fingerprint density at radius 3 is 2.38 bits per heavy atom. The molecule has 0 radical (unpaired) electrons. The molecule has 1 aromatic rings. The molecule has 1 rings (SSSR count). The summed E-state index contributed by atoms with van der Waals surface area (Å²) in [5, 5.41) is 12.8. The number of carbonyl (C=O) groups excluding carboxylic acids is 3. The van der Waals surface area contributed by atoms with Crippen molar-refractivity contribution < 1.29 is 28.8 Å². The highest BCUT2D eigenvalue weighted by Gasteiger charge is 2.23. The summed E-state index contributed by atoms with van der Waals surface area (Å²) in [7, 11) is 0. The zero-order valence-corrected chi connectivity index (χ0v) is 16.6. The van der Waals surface area contributed by atoms with Gasteiger partial charge in [0.15, 0.2) is 0 Å². The standard InChI is InChI=1S/C20H26N2O7/c1-3-28-18(23)13-12-17(20(25)29-4-2)21-19(24)16-10-8-15(9-11-16)7-5-6-14-22(26)27/h6,8-11,14,17H,3-5,7,12-13H2,1-2H3,(H,21,24)/t17-/m1/s1. The Bertz CT molecular complexity index is 729. The van der Waals surface area contributed by atoms with Crippen LogP contribution in [0.3, 0.4) is 0 Å². The molecule has 1 N–H and O–H groups in total. The molecule has 9 heteroatoms. The molecule has 0 fully saturated rings. The number of aryl methyl sites for hydroxylation is 1. The summed E-state index contributed by atoms with van der Waals surface area (Å²) in [5.41, 5.74) is 1.26. The van der Waals surface area contributed by atoms with Crippen LogP contribution in [0.15, 0.2) is 36.5 Å². The number of carbonyl (C=O) groups is 3. The van der Waals surface area contributed by atoms with Crippen LogP contribution >= 0.6 is 0 Å². The summed E-state index contributed by atoms with van der Waals surface area (Å²) in [6, 6.07) is 5.74. The first-order valence-corrected chi connectivity index (χ1v) is 9.39. The Morgan fingerprint density at radius 2 is 1.79 bits per heavy atom. The van der Waals surface area contributed by atoms with Gasteiger partial charge in [-0.2, -0.15) is 0 Å². The number of allylic oxidation sites excluding steroid dienone is 1. The van der Waals surface area contributed by atoms with E-state index in [0.29, 0.717) is 18.4 Å². The Balaban J connectivity index is 2.68. The normalized spacial score (nSPS) is 11.7. The lowest BCUT2D eigenvalue weighted by atomic mass is 10.1. The maximum absolute atomic E-state index is 12.5. The summed E-state index contributed by atoms with van der Waals surface area (Å²) < 4.78 is 9.81. The van der Waals surface area contributed by atoms with Crippen LogP contribution < -0.4 is 5.32 Å². The summed E-state index contributed by atoms with van der Waals surface area (Å²) in [6.45, 7) is 3.74. The van der Waals surface area contributed by atoms with Crippen molar-refractivity contribution in [3.8, 4) is 0 Å². The molecule has 29 heavy (non-hydrogen) atoms. The second kappa shape index (κ2) is 13.0. The van der Waals surface area contributed by atoms with Gasteiger partial charge in [0, 0.05) is 12.0 Å². The van der Waals surface area contributed by atoms with E-state index in [1.807, 2.05) is 0 Å². The first-order valence-electron chi connectivity index (χ1n) is 9.39. The molecule has 0 aliphatic carbocycles. The fraction of sp³-hybridized carbons (Fsp3) is 0.450. The number of hydrogen-bond acceptors (Lipinski definition) is 7. The predicted molar refractivity (Wildman–Crippen MR) is 105 cm³/mol. The molecule has 9 nitrogen and oxygen atoms in total. The largest absolute Gasteiger partial charge is 0.466 e. The van der Waals surface area contributed by atoms with E-state index in [0.717, 1.165) is 11.8 Å². The quantitative estimate of drug-likeness (QED) is 0.321. The number of hydrogen-bond donors (Lipinski definition) is 1. The maximum Gasteiger partial charge on any atom is 0.328 e. The third-order valence-corrected chi connectivity index (χ3v) is 3.86. The Kier molecular flexibility index (Phi) is 10.7. The van der Waals surface area contributed by atoms with E-state index < -0.39 is 28.8 Å². The third-order valence-electron chi connectivity index (χ3n) is 3.86. The number of ether oxygens (including phenoxy) is 2. The summed E-state index contributed by atoms with van der Waals surface area (Å²) >= 11 is 0. The average Bonchev–Trinajstić information content (AvgIpc) is 2.69. The molecule has 0 saturated carbocycles. The highest BCUT2D eigenvalue weighted by atomic mass is 16.6. The van der Waals surface area contributed by atoms with Gasteiger partial charge in [-0.1, -0.05) is 12.1 Å². The van der Waals surface area contributed by atoms with E-state index in [9.17, 15) is 24.5 Å². The second-order valence-corrected chi connectivity index (χ2v) is 6.03. The van der Waals surface area contributed by atoms with Crippen molar-refractivity contribution >= 4 is 17.8 Å². The fourth-order valence-electron chi connectivity index (χ4n) is 2.46. The number of nitrogens with zero attached hydrogens (tertiary/aromatic N) is 1. The molecule has 0 aliphatic heterocycles. The zero-order chi connectivity index (χ0) is 21.6. The summed E-state index contributed by atoms with van der Waals surface area (Å²) in [6.07, 6.45) is 3.52. The van der Waals surface area contributed by atoms with E-state index in [-0.39, 0.29) is 26.1 Å². The van der Waals surface area contributed by atoms with Crippen molar-refractivity contribution in [3.05, 3.63) is 57.8 Å². The molecule has 0 unspecified atom stereocenters. The maximum atomic E-state index is 12.5. The molecule has 0 bridgehead atoms. The molecule has 0 heterocycles. The van der Waals surface area contributed by atoms with Crippen molar-refractivity contribution in [2.75, 3.05) is 13.2 Å². The number of benzene rings is 1. The minimum Gasteiger partial charge on any atom is -0.466 e. The lowest BCUT2D eigenvalue weighted by molar-refractivity contribution is -0.402. The molecule has 1 aromatic carbocycles. The van der Waals surface area contributed by atoms with Crippen LogP contribution in [0.25, 0.3) is 0 Å². The van der Waals surface area contributed by atoms with Gasteiger partial charge in [0.05, 0.1) is 18.1 Å². The van der Waals surface area contributed by atoms with Crippen LogP contribution in [0.4, 0.5) is 0 Å². The fourth-order valence-corrected chi connectivity index (χ4v) is 2.46. The minimum absolute atomic E-state index is 0.0196. The van der Waals surface area contributed by atoms with E-state index in [2.05, 4.69) is 5.32 Å². The van der Waals surface area contributed by atoms with Crippen molar-refractivity contribution in [3.63, 3.8) is 0 Å². The molecule has 158 valence electrons. The van der Waals surface area contributed by atoms with Gasteiger partial charge in [0.2, 0.25) is 6.20 Å². The zero-order valence-electron chi connectivity index (χ0n) is 16.6. The summed E-state index contributed by atoms with van der Waals surface area (Å²) in [5.74, 6) is -1.53. The smallest absolute Gasteiger partial charge is 0.328 e. The first kappa shape index (κ1) is 23.8.